The number of hydrogen-bond donors (Lipinski definition) is 2. The first-order valence-corrected chi connectivity index (χ1v) is 6.89. The maximum Gasteiger partial charge on any atom is 0.0848 e. The Morgan fingerprint density at radius 2 is 1.94 bits per heavy atom. The molecule has 3 nitrogen and oxygen atoms in total. The van der Waals surface area contributed by atoms with Crippen molar-refractivity contribution in [3.63, 3.8) is 0 Å². The van der Waals surface area contributed by atoms with Gasteiger partial charge in [-0.05, 0) is 26.2 Å². The summed E-state index contributed by atoms with van der Waals surface area (Å²) >= 11 is 0. The number of ether oxygens (including phenoxy) is 1. The zero-order valence-corrected chi connectivity index (χ0v) is 10.9. The van der Waals surface area contributed by atoms with E-state index in [2.05, 4.69) is 19.3 Å². The number of nitrogens with one attached hydrogen (secondary N) is 1. The summed E-state index contributed by atoms with van der Waals surface area (Å²) in [4.78, 5) is 0. The number of hydrazine groups is 1. The molecule has 1 aliphatic carbocycles. The zero-order valence-electron chi connectivity index (χ0n) is 10.9. The van der Waals surface area contributed by atoms with Crippen LogP contribution in [0, 0.1) is 0 Å². The number of rotatable bonds is 7. The fourth-order valence-electron chi connectivity index (χ4n) is 2.94. The van der Waals surface area contributed by atoms with E-state index < -0.39 is 0 Å². The van der Waals surface area contributed by atoms with Gasteiger partial charge in [0, 0.05) is 6.61 Å². The molecule has 3 N–H and O–H groups in total. The molecule has 0 aromatic rings. The quantitative estimate of drug-likeness (QED) is 0.520. The van der Waals surface area contributed by atoms with Crippen molar-refractivity contribution in [1.82, 2.24) is 5.43 Å². The summed E-state index contributed by atoms with van der Waals surface area (Å²) in [6.45, 7) is 5.11. The molecule has 0 heterocycles. The van der Waals surface area contributed by atoms with Gasteiger partial charge in [-0.15, -0.1) is 0 Å². The largest absolute Gasteiger partial charge is 0.374 e. The van der Waals surface area contributed by atoms with Crippen LogP contribution in [0.3, 0.4) is 0 Å². The van der Waals surface area contributed by atoms with E-state index in [0.29, 0.717) is 6.04 Å². The van der Waals surface area contributed by atoms with Gasteiger partial charge in [-0.1, -0.05) is 39.0 Å². The van der Waals surface area contributed by atoms with Gasteiger partial charge in [-0.25, -0.2) is 0 Å². The minimum Gasteiger partial charge on any atom is -0.374 e. The van der Waals surface area contributed by atoms with E-state index in [0.717, 1.165) is 13.0 Å². The van der Waals surface area contributed by atoms with E-state index >= 15 is 0 Å². The third kappa shape index (κ3) is 3.44. The zero-order chi connectivity index (χ0) is 11.9. The average molecular weight is 228 g/mol. The van der Waals surface area contributed by atoms with E-state index in [1.165, 1.54) is 44.9 Å². The molecule has 16 heavy (non-hydrogen) atoms. The van der Waals surface area contributed by atoms with Crippen molar-refractivity contribution in [3.8, 4) is 0 Å². The van der Waals surface area contributed by atoms with Crippen molar-refractivity contribution in [3.05, 3.63) is 0 Å². The molecule has 1 aliphatic rings. The highest BCUT2D eigenvalue weighted by atomic mass is 16.5. The van der Waals surface area contributed by atoms with Crippen LogP contribution in [0.1, 0.15) is 65.2 Å². The summed E-state index contributed by atoms with van der Waals surface area (Å²) in [5.74, 6) is 5.73. The summed E-state index contributed by atoms with van der Waals surface area (Å²) < 4.78 is 6.08. The second-order valence-corrected chi connectivity index (χ2v) is 4.92. The molecule has 1 unspecified atom stereocenters. The lowest BCUT2D eigenvalue weighted by Gasteiger charge is -2.43. The van der Waals surface area contributed by atoms with E-state index in [-0.39, 0.29) is 5.60 Å². The van der Waals surface area contributed by atoms with Crippen LogP contribution in [0.4, 0.5) is 0 Å². The Morgan fingerprint density at radius 1 is 1.25 bits per heavy atom. The van der Waals surface area contributed by atoms with Crippen molar-refractivity contribution in [2.75, 3.05) is 6.61 Å². The Balaban J connectivity index is 2.63. The van der Waals surface area contributed by atoms with Crippen LogP contribution in [0.2, 0.25) is 0 Å². The Bertz CT molecular complexity index is 173. The molecule has 0 amide bonds. The first kappa shape index (κ1) is 13.9. The normalized spacial score (nSPS) is 21.9. The van der Waals surface area contributed by atoms with Crippen molar-refractivity contribution in [1.29, 1.82) is 0 Å². The topological polar surface area (TPSA) is 47.3 Å². The predicted octanol–water partition coefficient (Wildman–Crippen LogP) is 2.75. The van der Waals surface area contributed by atoms with Gasteiger partial charge < -0.3 is 4.74 Å². The molecule has 0 radical (unpaired) electrons. The molecule has 1 atom stereocenters. The highest BCUT2D eigenvalue weighted by molar-refractivity contribution is 4.94. The lowest BCUT2D eigenvalue weighted by molar-refractivity contribution is -0.0919. The van der Waals surface area contributed by atoms with Gasteiger partial charge in [0.1, 0.15) is 0 Å². The van der Waals surface area contributed by atoms with Crippen LogP contribution in [-0.4, -0.2) is 18.2 Å². The highest BCUT2D eigenvalue weighted by Gasteiger charge is 2.39. The van der Waals surface area contributed by atoms with Crippen LogP contribution in [0.5, 0.6) is 0 Å². The Kier molecular flexibility index (Phi) is 6.32. The molecule has 3 heteroatoms. The maximum atomic E-state index is 6.08. The summed E-state index contributed by atoms with van der Waals surface area (Å²) in [7, 11) is 0. The van der Waals surface area contributed by atoms with Crippen LogP contribution in [0.25, 0.3) is 0 Å². The molecule has 0 aromatic heterocycles. The third-order valence-corrected chi connectivity index (χ3v) is 3.81. The molecule has 0 aromatic carbocycles. The van der Waals surface area contributed by atoms with Gasteiger partial charge in [0.2, 0.25) is 0 Å². The van der Waals surface area contributed by atoms with Gasteiger partial charge in [0.25, 0.3) is 0 Å². The van der Waals surface area contributed by atoms with Crippen molar-refractivity contribution in [2.24, 2.45) is 5.84 Å². The summed E-state index contributed by atoms with van der Waals surface area (Å²) in [6, 6.07) is 0.327. The Morgan fingerprint density at radius 3 is 2.44 bits per heavy atom. The molecule has 1 rings (SSSR count). The van der Waals surface area contributed by atoms with Crippen LogP contribution < -0.4 is 11.3 Å². The van der Waals surface area contributed by atoms with Gasteiger partial charge in [-0.2, -0.15) is 0 Å². The summed E-state index contributed by atoms with van der Waals surface area (Å²) in [5, 5.41) is 0. The second-order valence-electron chi connectivity index (χ2n) is 4.92. The second kappa shape index (κ2) is 7.25. The monoisotopic (exact) mass is 228 g/mol. The molecule has 96 valence electrons. The minimum absolute atomic E-state index is 0.0108. The van der Waals surface area contributed by atoms with Crippen LogP contribution in [0.15, 0.2) is 0 Å². The van der Waals surface area contributed by atoms with Crippen molar-refractivity contribution < 1.29 is 4.74 Å². The lowest BCUT2D eigenvalue weighted by atomic mass is 9.77. The van der Waals surface area contributed by atoms with Gasteiger partial charge in [-0.3, -0.25) is 11.3 Å². The van der Waals surface area contributed by atoms with Crippen molar-refractivity contribution in [2.45, 2.75) is 76.9 Å². The molecule has 0 aliphatic heterocycles. The van der Waals surface area contributed by atoms with E-state index in [4.69, 9.17) is 10.6 Å². The fraction of sp³-hybridized carbons (Fsp3) is 1.00. The first-order chi connectivity index (χ1) is 7.79. The van der Waals surface area contributed by atoms with Crippen molar-refractivity contribution >= 4 is 0 Å². The predicted molar refractivity (Wildman–Crippen MR) is 68.1 cm³/mol. The van der Waals surface area contributed by atoms with E-state index in [1.54, 1.807) is 0 Å². The standard InChI is InChI=1S/C13H28N2O/c1-3-5-9-12(15-14)13(16-4-2)10-7-6-8-11-13/h12,15H,3-11,14H2,1-2H3. The Labute approximate surface area is 100 Å². The lowest BCUT2D eigenvalue weighted by Crippen LogP contribution is -2.55. The van der Waals surface area contributed by atoms with E-state index in [1.807, 2.05) is 0 Å². The number of nitrogens with two attached hydrogens (primary N) is 1. The molecule has 1 saturated carbocycles. The SMILES string of the molecule is CCCCC(NN)C1(OCC)CCCCC1. The first-order valence-electron chi connectivity index (χ1n) is 6.89. The molecular weight excluding hydrogens is 200 g/mol. The van der Waals surface area contributed by atoms with Crippen LogP contribution >= 0.6 is 0 Å². The smallest absolute Gasteiger partial charge is 0.0848 e. The molecule has 1 fully saturated rings. The molecule has 0 bridgehead atoms. The van der Waals surface area contributed by atoms with Gasteiger partial charge in [0.05, 0.1) is 11.6 Å². The minimum atomic E-state index is 0.0108. The average Bonchev–Trinajstić information content (AvgIpc) is 2.31. The molecule has 0 saturated heterocycles. The molecule has 0 spiro atoms. The van der Waals surface area contributed by atoms with Crippen LogP contribution in [-0.2, 0) is 4.74 Å². The van der Waals surface area contributed by atoms with Gasteiger partial charge >= 0.3 is 0 Å². The summed E-state index contributed by atoms with van der Waals surface area (Å²) in [6.07, 6.45) is 9.82. The maximum absolute atomic E-state index is 6.08. The number of unbranched alkanes of at least 4 members (excludes halogenated alkanes) is 1. The fourth-order valence-corrected chi connectivity index (χ4v) is 2.94. The third-order valence-electron chi connectivity index (χ3n) is 3.81. The summed E-state index contributed by atoms with van der Waals surface area (Å²) in [5.41, 5.74) is 3.02. The van der Waals surface area contributed by atoms with Gasteiger partial charge in [0.15, 0.2) is 0 Å². The number of hydrogen-bond acceptors (Lipinski definition) is 3. The van der Waals surface area contributed by atoms with E-state index in [9.17, 15) is 0 Å². The highest BCUT2D eigenvalue weighted by Crippen LogP contribution is 2.36. The molecular formula is C13H28N2O. The Hall–Kier alpha value is -0.120.